The second-order valence-electron chi connectivity index (χ2n) is 9.38. The van der Waals surface area contributed by atoms with Gasteiger partial charge in [0, 0.05) is 57.5 Å². The molecule has 8 nitrogen and oxygen atoms in total. The van der Waals surface area contributed by atoms with Gasteiger partial charge in [0.25, 0.3) is 0 Å². The fraction of sp³-hybridized carbons (Fsp3) is 0.652. The normalized spacial score (nSPS) is 27.2. The summed E-state index contributed by atoms with van der Waals surface area (Å²) in [5, 5.41) is 3.11. The largest absolute Gasteiger partial charge is 0.353 e. The van der Waals surface area contributed by atoms with E-state index in [9.17, 15) is 18.0 Å². The Morgan fingerprint density at radius 1 is 1.12 bits per heavy atom. The number of carbonyl (C=O) groups is 2. The quantitative estimate of drug-likeness (QED) is 0.675. The Balaban J connectivity index is 1.39. The highest BCUT2D eigenvalue weighted by molar-refractivity contribution is 7.90. The lowest BCUT2D eigenvalue weighted by Crippen LogP contribution is -2.49. The molecule has 2 amide bonds. The number of fused-ring (bicyclic) bond motifs is 1. The number of amides is 2. The number of rotatable bonds is 6. The fourth-order valence-electron chi connectivity index (χ4n) is 5.32. The standard InChI is InChI=1S/C23H34N4O4S/c1-25-18(7-10-21(28)26-12-3-4-13-26)15-24-23(29)22-20(25)11-14-27(22)16-17-5-8-19(9-6-17)32(2,30)31/h5-6,8-9,18,20,22H,3-4,7,10-16H2,1-2H3,(H,24,29). The van der Waals surface area contributed by atoms with Crippen LogP contribution in [0, 0.1) is 0 Å². The molecule has 3 aliphatic heterocycles. The van der Waals surface area contributed by atoms with E-state index in [0.717, 1.165) is 50.9 Å². The summed E-state index contributed by atoms with van der Waals surface area (Å²) in [5.74, 6) is 0.272. The first-order chi connectivity index (χ1) is 15.2. The van der Waals surface area contributed by atoms with Gasteiger partial charge in [-0.25, -0.2) is 8.42 Å². The van der Waals surface area contributed by atoms with Crippen LogP contribution in [0.3, 0.4) is 0 Å². The van der Waals surface area contributed by atoms with Gasteiger partial charge >= 0.3 is 0 Å². The van der Waals surface area contributed by atoms with E-state index in [1.165, 1.54) is 6.26 Å². The van der Waals surface area contributed by atoms with Crippen LogP contribution in [0.5, 0.6) is 0 Å². The van der Waals surface area contributed by atoms with Gasteiger partial charge in [-0.05, 0) is 50.4 Å². The first kappa shape index (κ1) is 23.2. The van der Waals surface area contributed by atoms with Crippen molar-refractivity contribution >= 4 is 21.7 Å². The Morgan fingerprint density at radius 3 is 2.47 bits per heavy atom. The maximum atomic E-state index is 13.0. The molecule has 0 aliphatic carbocycles. The monoisotopic (exact) mass is 462 g/mol. The van der Waals surface area contributed by atoms with E-state index in [2.05, 4.69) is 22.2 Å². The molecule has 176 valence electrons. The molecule has 0 saturated carbocycles. The van der Waals surface area contributed by atoms with Crippen molar-refractivity contribution in [3.8, 4) is 0 Å². The zero-order chi connectivity index (χ0) is 22.9. The predicted molar refractivity (Wildman–Crippen MR) is 122 cm³/mol. The molecule has 3 atom stereocenters. The molecular formula is C23H34N4O4S. The Morgan fingerprint density at radius 2 is 1.81 bits per heavy atom. The summed E-state index contributed by atoms with van der Waals surface area (Å²) < 4.78 is 23.4. The lowest BCUT2D eigenvalue weighted by Gasteiger charge is -2.33. The van der Waals surface area contributed by atoms with Gasteiger partial charge in [0.2, 0.25) is 11.8 Å². The van der Waals surface area contributed by atoms with Crippen molar-refractivity contribution in [2.75, 3.05) is 39.5 Å². The molecule has 4 rings (SSSR count). The number of hydrogen-bond donors (Lipinski definition) is 1. The minimum atomic E-state index is -3.22. The molecule has 0 spiro atoms. The molecule has 9 heteroatoms. The number of sulfone groups is 1. The molecule has 1 aromatic rings. The van der Waals surface area contributed by atoms with E-state index in [4.69, 9.17) is 0 Å². The first-order valence-corrected chi connectivity index (χ1v) is 13.4. The number of likely N-dealkylation sites (tertiary alicyclic amines) is 2. The van der Waals surface area contributed by atoms with Crippen LogP contribution in [-0.2, 0) is 26.0 Å². The molecule has 3 unspecified atom stereocenters. The highest BCUT2D eigenvalue weighted by atomic mass is 32.2. The van der Waals surface area contributed by atoms with Crippen LogP contribution >= 0.6 is 0 Å². The van der Waals surface area contributed by atoms with Crippen LogP contribution in [0.2, 0.25) is 0 Å². The van der Waals surface area contributed by atoms with Crippen LogP contribution < -0.4 is 5.32 Å². The number of nitrogens with one attached hydrogen (secondary N) is 1. The Hall–Kier alpha value is -1.97. The average molecular weight is 463 g/mol. The number of likely N-dealkylation sites (N-methyl/N-ethyl adjacent to an activating group) is 1. The molecule has 0 radical (unpaired) electrons. The summed E-state index contributed by atoms with van der Waals surface area (Å²) in [7, 11) is -1.14. The zero-order valence-electron chi connectivity index (χ0n) is 19.0. The molecule has 32 heavy (non-hydrogen) atoms. The maximum Gasteiger partial charge on any atom is 0.239 e. The van der Waals surface area contributed by atoms with Crippen molar-refractivity contribution in [1.29, 1.82) is 0 Å². The maximum absolute atomic E-state index is 13.0. The molecule has 3 fully saturated rings. The van der Waals surface area contributed by atoms with E-state index < -0.39 is 9.84 Å². The van der Waals surface area contributed by atoms with Gasteiger partial charge in [0.15, 0.2) is 9.84 Å². The van der Waals surface area contributed by atoms with E-state index in [0.29, 0.717) is 24.4 Å². The second-order valence-corrected chi connectivity index (χ2v) is 11.4. The number of benzene rings is 1. The van der Waals surface area contributed by atoms with Gasteiger partial charge in [-0.2, -0.15) is 0 Å². The van der Waals surface area contributed by atoms with Crippen molar-refractivity contribution < 1.29 is 18.0 Å². The summed E-state index contributed by atoms with van der Waals surface area (Å²) in [5.41, 5.74) is 0.991. The lowest BCUT2D eigenvalue weighted by molar-refractivity contribution is -0.130. The highest BCUT2D eigenvalue weighted by Crippen LogP contribution is 2.29. The smallest absolute Gasteiger partial charge is 0.239 e. The van der Waals surface area contributed by atoms with Crippen LogP contribution in [0.25, 0.3) is 0 Å². The van der Waals surface area contributed by atoms with Crippen molar-refractivity contribution in [3.63, 3.8) is 0 Å². The molecule has 3 heterocycles. The van der Waals surface area contributed by atoms with Crippen molar-refractivity contribution in [2.24, 2.45) is 0 Å². The van der Waals surface area contributed by atoms with Crippen molar-refractivity contribution in [1.82, 2.24) is 20.0 Å². The molecule has 0 aromatic heterocycles. The highest BCUT2D eigenvalue weighted by Gasteiger charge is 2.45. The van der Waals surface area contributed by atoms with Crippen molar-refractivity contribution in [3.05, 3.63) is 29.8 Å². The van der Waals surface area contributed by atoms with Gasteiger partial charge in [0.05, 0.1) is 4.90 Å². The van der Waals surface area contributed by atoms with Crippen LogP contribution in [-0.4, -0.2) is 92.5 Å². The molecule has 1 N–H and O–H groups in total. The third-order valence-corrected chi connectivity index (χ3v) is 8.37. The fourth-order valence-corrected chi connectivity index (χ4v) is 5.95. The predicted octanol–water partition coefficient (Wildman–Crippen LogP) is 0.866. The minimum absolute atomic E-state index is 0.0421. The molecule has 3 saturated heterocycles. The average Bonchev–Trinajstić information content (AvgIpc) is 3.41. The van der Waals surface area contributed by atoms with Gasteiger partial charge in [-0.1, -0.05) is 12.1 Å². The number of carbonyl (C=O) groups excluding carboxylic acids is 2. The third kappa shape index (κ3) is 5.00. The Kier molecular flexibility index (Phi) is 6.88. The van der Waals surface area contributed by atoms with E-state index in [-0.39, 0.29) is 29.9 Å². The molecule has 0 bridgehead atoms. The first-order valence-electron chi connectivity index (χ1n) is 11.5. The van der Waals surface area contributed by atoms with Gasteiger partial charge < -0.3 is 10.2 Å². The van der Waals surface area contributed by atoms with E-state index >= 15 is 0 Å². The minimum Gasteiger partial charge on any atom is -0.353 e. The van der Waals surface area contributed by atoms with Crippen LogP contribution in [0.15, 0.2) is 29.2 Å². The van der Waals surface area contributed by atoms with Gasteiger partial charge in [-0.15, -0.1) is 0 Å². The summed E-state index contributed by atoms with van der Waals surface area (Å²) in [4.78, 5) is 32.2. The van der Waals surface area contributed by atoms with E-state index in [1.54, 1.807) is 12.1 Å². The summed E-state index contributed by atoms with van der Waals surface area (Å²) in [6.45, 7) is 3.72. The third-order valence-electron chi connectivity index (χ3n) is 7.24. The molecule has 3 aliphatic rings. The molecule has 1 aromatic carbocycles. The van der Waals surface area contributed by atoms with Crippen LogP contribution in [0.1, 0.15) is 37.7 Å². The SMILES string of the molecule is CN1C(CCC(=O)N2CCCC2)CNC(=O)C2C1CCN2Cc1ccc(S(C)(=O)=O)cc1. The summed E-state index contributed by atoms with van der Waals surface area (Å²) >= 11 is 0. The Bertz CT molecular complexity index is 943. The molecular weight excluding hydrogens is 428 g/mol. The van der Waals surface area contributed by atoms with Crippen molar-refractivity contribution in [2.45, 2.75) is 61.7 Å². The zero-order valence-corrected chi connectivity index (χ0v) is 19.8. The summed E-state index contributed by atoms with van der Waals surface area (Å²) in [6.07, 6.45) is 5.57. The second kappa shape index (κ2) is 9.49. The van der Waals surface area contributed by atoms with E-state index in [1.807, 2.05) is 17.0 Å². The lowest BCUT2D eigenvalue weighted by atomic mass is 10.0. The number of hydrogen-bond acceptors (Lipinski definition) is 6. The summed E-state index contributed by atoms with van der Waals surface area (Å²) in [6, 6.07) is 6.93. The van der Waals surface area contributed by atoms with Crippen LogP contribution in [0.4, 0.5) is 0 Å². The van der Waals surface area contributed by atoms with Gasteiger partial charge in [0.1, 0.15) is 6.04 Å². The number of nitrogens with zero attached hydrogens (tertiary/aromatic N) is 3. The topological polar surface area (TPSA) is 90.0 Å². The Labute approximate surface area is 190 Å². The van der Waals surface area contributed by atoms with Gasteiger partial charge in [-0.3, -0.25) is 19.4 Å².